The molecule has 0 aliphatic carbocycles. The number of nitrogens with two attached hydrogens (primary N) is 1. The molecule has 1 fully saturated rings. The van der Waals surface area contributed by atoms with Crippen LogP contribution in [-0.4, -0.2) is 55.5 Å². The zero-order valence-electron chi connectivity index (χ0n) is 8.98. The molecule has 0 amide bonds. The van der Waals surface area contributed by atoms with Crippen molar-refractivity contribution in [2.24, 2.45) is 5.73 Å². The van der Waals surface area contributed by atoms with Gasteiger partial charge < -0.3 is 15.6 Å². The van der Waals surface area contributed by atoms with Crippen molar-refractivity contribution in [3.8, 4) is 0 Å². The van der Waals surface area contributed by atoms with Gasteiger partial charge in [0.25, 0.3) is 0 Å². The maximum atomic E-state index is 9.43. The van der Waals surface area contributed by atoms with Crippen molar-refractivity contribution >= 4 is 0 Å². The molecule has 1 rings (SSSR count). The first-order chi connectivity index (χ1) is 6.77. The van der Waals surface area contributed by atoms with Crippen molar-refractivity contribution in [3.05, 3.63) is 0 Å². The molecule has 84 valence electrons. The molecule has 0 aromatic heterocycles. The number of methoxy groups -OCH3 is 1. The fourth-order valence-electron chi connectivity index (χ4n) is 2.02. The fraction of sp³-hybridized carbons (Fsp3) is 1.00. The first-order valence-corrected chi connectivity index (χ1v) is 5.39. The predicted molar refractivity (Wildman–Crippen MR) is 56.1 cm³/mol. The van der Waals surface area contributed by atoms with Crippen LogP contribution in [0.3, 0.4) is 0 Å². The molecule has 0 saturated carbocycles. The average Bonchev–Trinajstić information content (AvgIpc) is 2.59. The Kier molecular flexibility index (Phi) is 5.40. The third-order valence-electron chi connectivity index (χ3n) is 2.81. The average molecular weight is 202 g/mol. The van der Waals surface area contributed by atoms with Gasteiger partial charge in [0.2, 0.25) is 0 Å². The number of hydrogen-bond donors (Lipinski definition) is 2. The molecule has 2 unspecified atom stereocenters. The van der Waals surface area contributed by atoms with Crippen molar-refractivity contribution in [1.29, 1.82) is 0 Å². The van der Waals surface area contributed by atoms with Crippen LogP contribution in [-0.2, 0) is 4.74 Å². The van der Waals surface area contributed by atoms with Gasteiger partial charge in [0.15, 0.2) is 0 Å². The Balaban J connectivity index is 2.33. The van der Waals surface area contributed by atoms with E-state index in [1.165, 1.54) is 0 Å². The quantitative estimate of drug-likeness (QED) is 0.626. The number of aliphatic hydroxyl groups excluding tert-OH is 1. The van der Waals surface area contributed by atoms with Crippen LogP contribution in [0.4, 0.5) is 0 Å². The number of rotatable bonds is 6. The summed E-state index contributed by atoms with van der Waals surface area (Å²) in [6.45, 7) is 3.25. The Hall–Kier alpha value is -0.160. The molecule has 2 atom stereocenters. The highest BCUT2D eigenvalue weighted by Crippen LogP contribution is 2.15. The van der Waals surface area contributed by atoms with Crippen LogP contribution in [0.2, 0.25) is 0 Å². The Morgan fingerprint density at radius 2 is 2.43 bits per heavy atom. The lowest BCUT2D eigenvalue weighted by molar-refractivity contribution is 0.0873. The van der Waals surface area contributed by atoms with Crippen molar-refractivity contribution in [2.45, 2.75) is 31.4 Å². The van der Waals surface area contributed by atoms with E-state index in [9.17, 15) is 5.11 Å². The smallest absolute Gasteiger partial charge is 0.0679 e. The lowest BCUT2D eigenvalue weighted by atomic mass is 10.1. The second-order valence-corrected chi connectivity index (χ2v) is 3.98. The second-order valence-electron chi connectivity index (χ2n) is 3.98. The van der Waals surface area contributed by atoms with Gasteiger partial charge in [0, 0.05) is 26.2 Å². The molecule has 1 heterocycles. The van der Waals surface area contributed by atoms with Crippen LogP contribution < -0.4 is 5.73 Å². The van der Waals surface area contributed by atoms with E-state index in [-0.39, 0.29) is 6.10 Å². The number of β-amino-alcohol motifs (C(OH)–C–C–N with tert-alkyl or cyclic N) is 1. The standard InChI is InChI=1S/C10H22N2O2/c1-14-8-9(3-2-5-11)12-6-4-10(13)7-12/h9-10,13H,2-8,11H2,1H3. The topological polar surface area (TPSA) is 58.7 Å². The monoisotopic (exact) mass is 202 g/mol. The van der Waals surface area contributed by atoms with Crippen LogP contribution >= 0.6 is 0 Å². The number of hydrogen-bond acceptors (Lipinski definition) is 4. The lowest BCUT2D eigenvalue weighted by Crippen LogP contribution is -2.37. The van der Waals surface area contributed by atoms with E-state index < -0.39 is 0 Å². The van der Waals surface area contributed by atoms with Gasteiger partial charge in [-0.15, -0.1) is 0 Å². The minimum absolute atomic E-state index is 0.146. The van der Waals surface area contributed by atoms with Gasteiger partial charge in [0.1, 0.15) is 0 Å². The molecule has 0 radical (unpaired) electrons. The molecule has 0 aromatic carbocycles. The van der Waals surface area contributed by atoms with E-state index in [4.69, 9.17) is 10.5 Å². The number of ether oxygens (including phenoxy) is 1. The van der Waals surface area contributed by atoms with Gasteiger partial charge in [-0.25, -0.2) is 0 Å². The van der Waals surface area contributed by atoms with E-state index in [1.807, 2.05) is 0 Å². The first-order valence-electron chi connectivity index (χ1n) is 5.39. The Labute approximate surface area is 86.0 Å². The van der Waals surface area contributed by atoms with Crippen LogP contribution in [0, 0.1) is 0 Å². The second kappa shape index (κ2) is 6.35. The highest BCUT2D eigenvalue weighted by atomic mass is 16.5. The summed E-state index contributed by atoms with van der Waals surface area (Å²) in [5, 5.41) is 9.43. The Bertz CT molecular complexity index is 155. The van der Waals surface area contributed by atoms with Gasteiger partial charge in [-0.1, -0.05) is 0 Å². The Morgan fingerprint density at radius 3 is 2.93 bits per heavy atom. The third-order valence-corrected chi connectivity index (χ3v) is 2.81. The SMILES string of the molecule is COCC(CCCN)N1CCC(O)C1. The maximum absolute atomic E-state index is 9.43. The van der Waals surface area contributed by atoms with Crippen LogP contribution in [0.1, 0.15) is 19.3 Å². The van der Waals surface area contributed by atoms with E-state index in [1.54, 1.807) is 7.11 Å². The highest BCUT2D eigenvalue weighted by Gasteiger charge is 2.26. The van der Waals surface area contributed by atoms with Crippen molar-refractivity contribution in [3.63, 3.8) is 0 Å². The van der Waals surface area contributed by atoms with E-state index in [2.05, 4.69) is 4.90 Å². The van der Waals surface area contributed by atoms with Gasteiger partial charge in [-0.3, -0.25) is 4.90 Å². The fourth-order valence-corrected chi connectivity index (χ4v) is 2.02. The predicted octanol–water partition coefficient (Wildman–Crippen LogP) is -0.193. The summed E-state index contributed by atoms with van der Waals surface area (Å²) in [7, 11) is 1.72. The number of likely N-dealkylation sites (tertiary alicyclic amines) is 1. The molecule has 1 saturated heterocycles. The van der Waals surface area contributed by atoms with Gasteiger partial charge in [-0.2, -0.15) is 0 Å². The molecule has 3 N–H and O–H groups in total. The van der Waals surface area contributed by atoms with Crippen LogP contribution in [0.25, 0.3) is 0 Å². The zero-order chi connectivity index (χ0) is 10.4. The molecule has 0 aromatic rings. The molecule has 14 heavy (non-hydrogen) atoms. The molecule has 1 aliphatic heterocycles. The third kappa shape index (κ3) is 3.53. The molecular formula is C10H22N2O2. The number of aliphatic hydroxyl groups is 1. The minimum Gasteiger partial charge on any atom is -0.392 e. The summed E-state index contributed by atoms with van der Waals surface area (Å²) in [5.41, 5.74) is 5.49. The summed E-state index contributed by atoms with van der Waals surface area (Å²) in [6, 6.07) is 0.431. The summed E-state index contributed by atoms with van der Waals surface area (Å²) in [4.78, 5) is 2.31. The van der Waals surface area contributed by atoms with Crippen molar-refractivity contribution in [2.75, 3.05) is 33.4 Å². The molecule has 1 aliphatic rings. The Morgan fingerprint density at radius 1 is 1.64 bits per heavy atom. The van der Waals surface area contributed by atoms with E-state index >= 15 is 0 Å². The molecular weight excluding hydrogens is 180 g/mol. The molecule has 0 spiro atoms. The zero-order valence-corrected chi connectivity index (χ0v) is 8.98. The van der Waals surface area contributed by atoms with E-state index in [0.717, 1.165) is 45.5 Å². The summed E-state index contributed by atoms with van der Waals surface area (Å²) in [5.74, 6) is 0. The van der Waals surface area contributed by atoms with Crippen LogP contribution in [0.15, 0.2) is 0 Å². The molecule has 4 nitrogen and oxygen atoms in total. The first kappa shape index (κ1) is 11.9. The summed E-state index contributed by atoms with van der Waals surface area (Å²) >= 11 is 0. The summed E-state index contributed by atoms with van der Waals surface area (Å²) in [6.07, 6.45) is 2.84. The number of nitrogens with zero attached hydrogens (tertiary/aromatic N) is 1. The normalized spacial score (nSPS) is 25.5. The van der Waals surface area contributed by atoms with Gasteiger partial charge in [0.05, 0.1) is 12.7 Å². The van der Waals surface area contributed by atoms with E-state index in [0.29, 0.717) is 6.04 Å². The molecule has 4 heteroatoms. The van der Waals surface area contributed by atoms with Gasteiger partial charge >= 0.3 is 0 Å². The van der Waals surface area contributed by atoms with Crippen LogP contribution in [0.5, 0.6) is 0 Å². The summed E-state index contributed by atoms with van der Waals surface area (Å²) < 4.78 is 5.18. The largest absolute Gasteiger partial charge is 0.392 e. The molecule has 0 bridgehead atoms. The minimum atomic E-state index is -0.146. The van der Waals surface area contributed by atoms with Crippen molar-refractivity contribution < 1.29 is 9.84 Å². The van der Waals surface area contributed by atoms with Gasteiger partial charge in [-0.05, 0) is 25.8 Å². The lowest BCUT2D eigenvalue weighted by Gasteiger charge is -2.26. The highest BCUT2D eigenvalue weighted by molar-refractivity contribution is 4.81. The maximum Gasteiger partial charge on any atom is 0.0679 e. The van der Waals surface area contributed by atoms with Crippen molar-refractivity contribution in [1.82, 2.24) is 4.90 Å².